The standard InChI is InChI=1S/C13H15ClO3/c1-2-17-13(16)11(9-12(14)15)8-10-6-4-3-5-7-10/h3-7,11H,2,8-9H2,1H3. The first-order valence-corrected chi connectivity index (χ1v) is 5.90. The Balaban J connectivity index is 2.70. The maximum absolute atomic E-state index is 11.6. The van der Waals surface area contributed by atoms with Gasteiger partial charge in [0.05, 0.1) is 12.5 Å². The summed E-state index contributed by atoms with van der Waals surface area (Å²) in [5.74, 6) is -0.868. The highest BCUT2D eigenvalue weighted by Gasteiger charge is 2.22. The van der Waals surface area contributed by atoms with Crippen molar-refractivity contribution in [3.05, 3.63) is 35.9 Å². The number of benzene rings is 1. The molecule has 1 aromatic carbocycles. The molecule has 0 aliphatic heterocycles. The molecule has 0 bridgehead atoms. The van der Waals surface area contributed by atoms with Gasteiger partial charge in [-0.2, -0.15) is 0 Å². The fourth-order valence-corrected chi connectivity index (χ4v) is 1.78. The zero-order valence-corrected chi connectivity index (χ0v) is 10.4. The van der Waals surface area contributed by atoms with Crippen LogP contribution in [0.15, 0.2) is 30.3 Å². The zero-order valence-electron chi connectivity index (χ0n) is 9.69. The Kier molecular flexibility index (Phi) is 5.70. The largest absolute Gasteiger partial charge is 0.466 e. The number of esters is 1. The van der Waals surface area contributed by atoms with E-state index in [4.69, 9.17) is 16.3 Å². The SMILES string of the molecule is CCOC(=O)C(CC(=O)Cl)Cc1ccccc1. The van der Waals surface area contributed by atoms with Crippen LogP contribution in [-0.2, 0) is 20.7 Å². The fraction of sp³-hybridized carbons (Fsp3) is 0.385. The molecule has 0 heterocycles. The van der Waals surface area contributed by atoms with E-state index in [2.05, 4.69) is 0 Å². The maximum Gasteiger partial charge on any atom is 0.309 e. The van der Waals surface area contributed by atoms with Crippen LogP contribution in [0, 0.1) is 5.92 Å². The lowest BCUT2D eigenvalue weighted by Crippen LogP contribution is -2.22. The molecule has 0 spiro atoms. The smallest absolute Gasteiger partial charge is 0.309 e. The third-order valence-corrected chi connectivity index (χ3v) is 2.51. The topological polar surface area (TPSA) is 43.4 Å². The van der Waals surface area contributed by atoms with Gasteiger partial charge in [0.2, 0.25) is 5.24 Å². The molecular weight excluding hydrogens is 240 g/mol. The number of rotatable bonds is 6. The Morgan fingerprint density at radius 3 is 2.47 bits per heavy atom. The number of carbonyl (C=O) groups is 2. The zero-order chi connectivity index (χ0) is 12.7. The number of halogens is 1. The summed E-state index contributed by atoms with van der Waals surface area (Å²) in [7, 11) is 0. The molecule has 0 aromatic heterocycles. The Morgan fingerprint density at radius 1 is 1.29 bits per heavy atom. The van der Waals surface area contributed by atoms with Crippen molar-refractivity contribution < 1.29 is 14.3 Å². The Morgan fingerprint density at radius 2 is 1.94 bits per heavy atom. The average Bonchev–Trinajstić information content (AvgIpc) is 2.29. The number of hydrogen-bond acceptors (Lipinski definition) is 3. The summed E-state index contributed by atoms with van der Waals surface area (Å²) < 4.78 is 4.93. The second kappa shape index (κ2) is 7.07. The van der Waals surface area contributed by atoms with Gasteiger partial charge in [-0.3, -0.25) is 9.59 Å². The van der Waals surface area contributed by atoms with Gasteiger partial charge in [0.15, 0.2) is 0 Å². The molecular formula is C13H15ClO3. The van der Waals surface area contributed by atoms with E-state index in [0.29, 0.717) is 13.0 Å². The van der Waals surface area contributed by atoms with E-state index in [0.717, 1.165) is 5.56 Å². The average molecular weight is 255 g/mol. The summed E-state index contributed by atoms with van der Waals surface area (Å²) in [6.45, 7) is 2.04. The number of ether oxygens (including phenoxy) is 1. The Bertz CT molecular complexity index is 376. The lowest BCUT2D eigenvalue weighted by atomic mass is 9.97. The minimum atomic E-state index is -0.515. The van der Waals surface area contributed by atoms with Gasteiger partial charge in [-0.25, -0.2) is 0 Å². The molecule has 1 aromatic rings. The van der Waals surface area contributed by atoms with Crippen molar-refractivity contribution >= 4 is 22.8 Å². The fourth-order valence-electron chi connectivity index (χ4n) is 1.59. The molecule has 0 amide bonds. The van der Waals surface area contributed by atoms with Gasteiger partial charge in [-0.05, 0) is 30.5 Å². The molecule has 0 N–H and O–H groups in total. The highest BCUT2D eigenvalue weighted by Crippen LogP contribution is 2.15. The highest BCUT2D eigenvalue weighted by molar-refractivity contribution is 6.63. The maximum atomic E-state index is 11.6. The molecule has 0 saturated heterocycles. The molecule has 0 aliphatic rings. The third kappa shape index (κ3) is 5.00. The first-order valence-electron chi connectivity index (χ1n) is 5.52. The van der Waals surface area contributed by atoms with Crippen molar-refractivity contribution in [3.8, 4) is 0 Å². The summed E-state index contributed by atoms with van der Waals surface area (Å²) in [5, 5.41) is -0.515. The van der Waals surface area contributed by atoms with Crippen molar-refractivity contribution in [3.63, 3.8) is 0 Å². The number of carbonyl (C=O) groups excluding carboxylic acids is 2. The minimum Gasteiger partial charge on any atom is -0.466 e. The molecule has 0 radical (unpaired) electrons. The third-order valence-electron chi connectivity index (χ3n) is 2.35. The Hall–Kier alpha value is -1.35. The molecule has 0 saturated carbocycles. The van der Waals surface area contributed by atoms with Gasteiger partial charge < -0.3 is 4.74 Å². The summed E-state index contributed by atoms with van der Waals surface area (Å²) in [4.78, 5) is 22.6. The molecule has 3 nitrogen and oxygen atoms in total. The molecule has 0 aliphatic carbocycles. The predicted molar refractivity (Wildman–Crippen MR) is 65.7 cm³/mol. The lowest BCUT2D eigenvalue weighted by Gasteiger charge is -2.13. The van der Waals surface area contributed by atoms with E-state index in [1.807, 2.05) is 30.3 Å². The minimum absolute atomic E-state index is 0.00921. The first-order chi connectivity index (χ1) is 8.13. The van der Waals surface area contributed by atoms with Gasteiger partial charge >= 0.3 is 5.97 Å². The monoisotopic (exact) mass is 254 g/mol. The lowest BCUT2D eigenvalue weighted by molar-refractivity contribution is -0.149. The number of hydrogen-bond donors (Lipinski definition) is 0. The normalized spacial score (nSPS) is 11.9. The summed E-state index contributed by atoms with van der Waals surface area (Å²) in [6.07, 6.45) is 0.480. The summed E-state index contributed by atoms with van der Waals surface area (Å²) >= 11 is 5.34. The van der Waals surface area contributed by atoms with Crippen molar-refractivity contribution in [1.29, 1.82) is 0 Å². The van der Waals surface area contributed by atoms with E-state index in [1.165, 1.54) is 0 Å². The van der Waals surface area contributed by atoms with Gasteiger partial charge in [0.25, 0.3) is 0 Å². The van der Waals surface area contributed by atoms with Crippen LogP contribution in [0.3, 0.4) is 0 Å². The first kappa shape index (κ1) is 13.7. The van der Waals surface area contributed by atoms with Crippen LogP contribution in [0.2, 0.25) is 0 Å². The van der Waals surface area contributed by atoms with Gasteiger partial charge in [-0.1, -0.05) is 30.3 Å². The van der Waals surface area contributed by atoms with Gasteiger partial charge in [0, 0.05) is 6.42 Å². The van der Waals surface area contributed by atoms with E-state index < -0.39 is 11.2 Å². The van der Waals surface area contributed by atoms with Crippen LogP contribution in [-0.4, -0.2) is 17.8 Å². The molecule has 4 heteroatoms. The summed E-state index contributed by atoms with van der Waals surface area (Å²) in [6, 6.07) is 9.49. The molecule has 1 atom stereocenters. The van der Waals surface area contributed by atoms with Crippen LogP contribution < -0.4 is 0 Å². The highest BCUT2D eigenvalue weighted by atomic mass is 35.5. The quantitative estimate of drug-likeness (QED) is 0.579. The van der Waals surface area contributed by atoms with Crippen LogP contribution in [0.25, 0.3) is 0 Å². The van der Waals surface area contributed by atoms with E-state index >= 15 is 0 Å². The molecule has 17 heavy (non-hydrogen) atoms. The van der Waals surface area contributed by atoms with Crippen molar-refractivity contribution in [2.45, 2.75) is 19.8 Å². The molecule has 92 valence electrons. The van der Waals surface area contributed by atoms with E-state index in [9.17, 15) is 9.59 Å². The van der Waals surface area contributed by atoms with Crippen molar-refractivity contribution in [2.24, 2.45) is 5.92 Å². The molecule has 1 unspecified atom stereocenters. The van der Waals surface area contributed by atoms with Crippen molar-refractivity contribution in [2.75, 3.05) is 6.61 Å². The summed E-state index contributed by atoms with van der Waals surface area (Å²) in [5.41, 5.74) is 0.989. The molecule has 0 fully saturated rings. The van der Waals surface area contributed by atoms with Crippen molar-refractivity contribution in [1.82, 2.24) is 0 Å². The van der Waals surface area contributed by atoms with E-state index in [-0.39, 0.29) is 12.4 Å². The predicted octanol–water partition coefficient (Wildman–Crippen LogP) is 2.56. The van der Waals surface area contributed by atoms with E-state index in [1.54, 1.807) is 6.92 Å². The van der Waals surface area contributed by atoms with Crippen LogP contribution in [0.5, 0.6) is 0 Å². The van der Waals surface area contributed by atoms with Crippen LogP contribution in [0.1, 0.15) is 18.9 Å². The van der Waals surface area contributed by atoms with Crippen LogP contribution >= 0.6 is 11.6 Å². The Labute approximate surface area is 106 Å². The molecule has 1 rings (SSSR count). The van der Waals surface area contributed by atoms with Gasteiger partial charge in [-0.15, -0.1) is 0 Å². The van der Waals surface area contributed by atoms with Crippen LogP contribution in [0.4, 0.5) is 0 Å². The second-order valence-corrected chi connectivity index (χ2v) is 4.12. The van der Waals surface area contributed by atoms with Gasteiger partial charge in [0.1, 0.15) is 0 Å². The second-order valence-electron chi connectivity index (χ2n) is 3.70.